The third kappa shape index (κ3) is 4.67. The van der Waals surface area contributed by atoms with E-state index in [1.807, 2.05) is 5.38 Å². The molecule has 1 aliphatic heterocycles. The summed E-state index contributed by atoms with van der Waals surface area (Å²) in [7, 11) is 0. The Kier molecular flexibility index (Phi) is 7.24. The molecule has 1 aromatic heterocycles. The molecule has 4 rings (SSSR count). The van der Waals surface area contributed by atoms with E-state index >= 15 is 0 Å². The van der Waals surface area contributed by atoms with Gasteiger partial charge in [-0.2, -0.15) is 0 Å². The van der Waals surface area contributed by atoms with Crippen LogP contribution in [-0.4, -0.2) is 28.5 Å². The van der Waals surface area contributed by atoms with Crippen LogP contribution in [0.25, 0.3) is 5.76 Å². The topological polar surface area (TPSA) is 87.1 Å². The number of phenols is 1. The summed E-state index contributed by atoms with van der Waals surface area (Å²) in [5.74, 6) is -1.52. The van der Waals surface area contributed by atoms with Crippen LogP contribution in [-0.2, 0) is 9.59 Å². The SMILES string of the molecule is CCCCCOc1ccc(/C(O)=C2/C(=O)C(=O)N(c3cc(Cl)ccc3O)C2c2cccs2)cc1. The first-order valence-corrected chi connectivity index (χ1v) is 12.2. The van der Waals surface area contributed by atoms with Crippen molar-refractivity contribution in [1.82, 2.24) is 0 Å². The number of amides is 1. The second kappa shape index (κ2) is 10.3. The van der Waals surface area contributed by atoms with Gasteiger partial charge in [0.15, 0.2) is 0 Å². The van der Waals surface area contributed by atoms with E-state index in [9.17, 15) is 19.8 Å². The molecule has 2 heterocycles. The Hall–Kier alpha value is -3.29. The molecule has 1 atom stereocenters. The van der Waals surface area contributed by atoms with Crippen LogP contribution in [0.5, 0.6) is 11.5 Å². The largest absolute Gasteiger partial charge is 0.507 e. The Morgan fingerprint density at radius 1 is 1.12 bits per heavy atom. The quantitative estimate of drug-likeness (QED) is 0.165. The van der Waals surface area contributed by atoms with Crippen molar-refractivity contribution in [2.45, 2.75) is 32.2 Å². The third-order valence-corrected chi connectivity index (χ3v) is 6.76. The van der Waals surface area contributed by atoms with Crippen LogP contribution in [0.1, 0.15) is 42.7 Å². The van der Waals surface area contributed by atoms with E-state index in [1.165, 1.54) is 34.4 Å². The number of unbranched alkanes of at least 4 members (excludes halogenated alkanes) is 2. The number of ether oxygens (including phenoxy) is 1. The molecule has 2 aromatic carbocycles. The molecule has 2 N–H and O–H groups in total. The minimum Gasteiger partial charge on any atom is -0.507 e. The number of benzene rings is 2. The molecule has 6 nitrogen and oxygen atoms in total. The summed E-state index contributed by atoms with van der Waals surface area (Å²) in [6, 6.07) is 13.7. The minimum atomic E-state index is -0.908. The van der Waals surface area contributed by atoms with Gasteiger partial charge in [0.25, 0.3) is 11.7 Å². The molecule has 176 valence electrons. The van der Waals surface area contributed by atoms with Crippen LogP contribution in [0.4, 0.5) is 5.69 Å². The molecular weight excluding hydrogens is 474 g/mol. The number of aliphatic hydroxyl groups is 1. The number of hydrogen-bond acceptors (Lipinski definition) is 6. The van der Waals surface area contributed by atoms with Crippen LogP contribution in [0, 0.1) is 0 Å². The van der Waals surface area contributed by atoms with Crippen molar-refractivity contribution in [3.63, 3.8) is 0 Å². The second-order valence-electron chi connectivity index (χ2n) is 7.90. The predicted octanol–water partition coefficient (Wildman–Crippen LogP) is 6.30. The van der Waals surface area contributed by atoms with E-state index < -0.39 is 17.7 Å². The molecule has 1 saturated heterocycles. The molecule has 34 heavy (non-hydrogen) atoms. The number of carbonyl (C=O) groups is 2. The van der Waals surface area contributed by atoms with Crippen LogP contribution >= 0.6 is 22.9 Å². The van der Waals surface area contributed by atoms with Crippen molar-refractivity contribution in [2.24, 2.45) is 0 Å². The molecule has 1 aliphatic rings. The van der Waals surface area contributed by atoms with Crippen molar-refractivity contribution >= 4 is 46.1 Å². The summed E-state index contributed by atoms with van der Waals surface area (Å²) in [5, 5.41) is 23.7. The first kappa shape index (κ1) is 23.9. The molecule has 1 unspecified atom stereocenters. The Bertz CT molecular complexity index is 1220. The Morgan fingerprint density at radius 2 is 1.88 bits per heavy atom. The zero-order valence-corrected chi connectivity index (χ0v) is 20.1. The van der Waals surface area contributed by atoms with Gasteiger partial charge in [0.05, 0.1) is 17.9 Å². The number of anilines is 1. The third-order valence-electron chi connectivity index (χ3n) is 5.60. The van der Waals surface area contributed by atoms with Crippen molar-refractivity contribution < 1.29 is 24.5 Å². The van der Waals surface area contributed by atoms with Crippen LogP contribution in [0.3, 0.4) is 0 Å². The average Bonchev–Trinajstić information content (AvgIpc) is 3.45. The van der Waals surface area contributed by atoms with Gasteiger partial charge in [0.1, 0.15) is 23.3 Å². The zero-order chi connectivity index (χ0) is 24.2. The molecule has 1 amide bonds. The Labute approximate surface area is 206 Å². The number of aliphatic hydroxyl groups excluding tert-OH is 1. The maximum Gasteiger partial charge on any atom is 0.300 e. The number of thiophene rings is 1. The highest BCUT2D eigenvalue weighted by Gasteiger charge is 2.48. The highest BCUT2D eigenvalue weighted by Crippen LogP contribution is 2.46. The normalized spacial score (nSPS) is 17.4. The van der Waals surface area contributed by atoms with Crippen molar-refractivity contribution in [2.75, 3.05) is 11.5 Å². The van der Waals surface area contributed by atoms with Gasteiger partial charge in [-0.3, -0.25) is 14.5 Å². The number of Topliss-reactive ketones (excluding diaryl/α,β-unsaturated/α-hetero) is 1. The molecular formula is C26H24ClNO5S. The molecule has 8 heteroatoms. The number of rotatable bonds is 8. The lowest BCUT2D eigenvalue weighted by Crippen LogP contribution is -2.29. The van der Waals surface area contributed by atoms with Gasteiger partial charge >= 0.3 is 0 Å². The summed E-state index contributed by atoms with van der Waals surface area (Å²) in [6.07, 6.45) is 3.15. The molecule has 0 aliphatic carbocycles. The summed E-state index contributed by atoms with van der Waals surface area (Å²) in [5.41, 5.74) is 0.432. The average molecular weight is 498 g/mol. The number of ketones is 1. The Balaban J connectivity index is 1.74. The number of aromatic hydroxyl groups is 1. The van der Waals surface area contributed by atoms with Gasteiger partial charge in [-0.15, -0.1) is 11.3 Å². The monoisotopic (exact) mass is 497 g/mol. The molecule has 0 saturated carbocycles. The van der Waals surface area contributed by atoms with Gasteiger partial charge in [-0.05, 0) is 60.3 Å². The van der Waals surface area contributed by atoms with Gasteiger partial charge in [0.2, 0.25) is 0 Å². The fourth-order valence-corrected chi connectivity index (χ4v) is 4.88. The van der Waals surface area contributed by atoms with Crippen molar-refractivity contribution in [3.8, 4) is 11.5 Å². The smallest absolute Gasteiger partial charge is 0.300 e. The van der Waals surface area contributed by atoms with E-state index in [4.69, 9.17) is 16.3 Å². The minimum absolute atomic E-state index is 0.0524. The van der Waals surface area contributed by atoms with Crippen LogP contribution in [0.2, 0.25) is 5.02 Å². The predicted molar refractivity (Wildman–Crippen MR) is 134 cm³/mol. The number of nitrogens with zero attached hydrogens (tertiary/aromatic N) is 1. The standard InChI is InChI=1S/C26H24ClNO5S/c1-2-3-4-13-33-18-10-7-16(8-11-18)24(30)22-23(21-6-5-14-34-21)28(26(32)25(22)31)19-15-17(27)9-12-20(19)29/h5-12,14-15,23,29-30H,2-4,13H2,1H3/b24-22-. The lowest BCUT2D eigenvalue weighted by molar-refractivity contribution is -0.132. The number of carbonyl (C=O) groups excluding carboxylic acids is 2. The van der Waals surface area contributed by atoms with Crippen LogP contribution < -0.4 is 9.64 Å². The van der Waals surface area contributed by atoms with Crippen molar-refractivity contribution in [3.05, 3.63) is 81.0 Å². The second-order valence-corrected chi connectivity index (χ2v) is 9.31. The Morgan fingerprint density at radius 3 is 2.56 bits per heavy atom. The number of hydrogen-bond donors (Lipinski definition) is 2. The summed E-state index contributed by atoms with van der Waals surface area (Å²) in [6.45, 7) is 2.73. The summed E-state index contributed by atoms with van der Waals surface area (Å²) < 4.78 is 5.72. The zero-order valence-electron chi connectivity index (χ0n) is 18.5. The summed E-state index contributed by atoms with van der Waals surface area (Å²) in [4.78, 5) is 28.1. The first-order valence-electron chi connectivity index (χ1n) is 11.0. The summed E-state index contributed by atoms with van der Waals surface area (Å²) >= 11 is 7.45. The van der Waals surface area contributed by atoms with Crippen LogP contribution in [0.15, 0.2) is 65.6 Å². The molecule has 0 radical (unpaired) electrons. The van der Waals surface area contributed by atoms with E-state index in [-0.39, 0.29) is 22.8 Å². The van der Waals surface area contributed by atoms with Gasteiger partial charge in [0, 0.05) is 15.5 Å². The first-order chi connectivity index (χ1) is 16.4. The fraction of sp³-hybridized carbons (Fsp3) is 0.231. The highest BCUT2D eigenvalue weighted by atomic mass is 35.5. The lowest BCUT2D eigenvalue weighted by atomic mass is 9.99. The van der Waals surface area contributed by atoms with E-state index in [1.54, 1.807) is 36.4 Å². The number of halogens is 1. The number of phenolic OH excluding ortho intramolecular Hbond substituents is 1. The molecule has 3 aromatic rings. The maximum absolute atomic E-state index is 13.1. The van der Waals surface area contributed by atoms with Gasteiger partial charge in [-0.25, -0.2) is 0 Å². The molecule has 1 fully saturated rings. The highest BCUT2D eigenvalue weighted by molar-refractivity contribution is 7.10. The lowest BCUT2D eigenvalue weighted by Gasteiger charge is -2.25. The van der Waals surface area contributed by atoms with Gasteiger partial charge in [-0.1, -0.05) is 37.4 Å². The van der Waals surface area contributed by atoms with E-state index in [0.717, 1.165) is 19.3 Å². The van der Waals surface area contributed by atoms with Crippen molar-refractivity contribution in [1.29, 1.82) is 0 Å². The fourth-order valence-electron chi connectivity index (χ4n) is 3.89. The van der Waals surface area contributed by atoms with Gasteiger partial charge < -0.3 is 14.9 Å². The van der Waals surface area contributed by atoms with E-state index in [2.05, 4.69) is 6.92 Å². The molecule has 0 bridgehead atoms. The maximum atomic E-state index is 13.1. The van der Waals surface area contributed by atoms with E-state index in [0.29, 0.717) is 27.8 Å². The molecule has 0 spiro atoms.